The van der Waals surface area contributed by atoms with Crippen molar-refractivity contribution in [1.29, 1.82) is 0 Å². The Morgan fingerprint density at radius 3 is 1.32 bits per heavy atom. The van der Waals surface area contributed by atoms with Gasteiger partial charge in [0.05, 0.1) is 39.9 Å². The molecule has 0 rings (SSSR count). The first-order chi connectivity index (χ1) is 29.0. The molecule has 60 heavy (non-hydrogen) atoms. The van der Waals surface area contributed by atoms with Gasteiger partial charge < -0.3 is 19.8 Å². The van der Waals surface area contributed by atoms with Crippen LogP contribution in [0.3, 0.4) is 0 Å². The Morgan fingerprint density at radius 2 is 0.900 bits per heavy atom. The van der Waals surface area contributed by atoms with Gasteiger partial charge in [-0.15, -0.1) is 0 Å². The van der Waals surface area contributed by atoms with E-state index in [1.165, 1.54) is 180 Å². The molecule has 0 heterocycles. The minimum atomic E-state index is -4.32. The lowest BCUT2D eigenvalue weighted by Crippen LogP contribution is -2.45. The first-order valence-electron chi connectivity index (χ1n) is 25.7. The van der Waals surface area contributed by atoms with Crippen molar-refractivity contribution < 1.29 is 32.9 Å². The fourth-order valence-electron chi connectivity index (χ4n) is 7.57. The standard InChI is InChI=1S/C51H101N2O6P/c1-6-8-10-12-13-14-15-16-17-18-19-20-21-22-23-24-25-26-27-28-29-30-31-32-33-34-35-36-37-38-39-41-43-45-51(55)52-49(50(54)44-42-40-11-9-7-2)48-59-60(56,57)58-47-46-53(3,4)5/h18-19,42,44,49-50,54H,6-17,20-41,43,45-48H2,1-5H3,(H-,52,55,56,57)/p+1/b19-18-,44-42+. The van der Waals surface area contributed by atoms with Crippen molar-refractivity contribution in [2.24, 2.45) is 0 Å². The first-order valence-corrected chi connectivity index (χ1v) is 27.2. The SMILES string of the molecule is CCCCC/C=C/C(O)C(COP(=O)(O)OCC[N+](C)(C)C)NC(=O)CCCCCCCCCCCCCCCCCCCCCCC/C=C\CCCCCCCCCC. The molecule has 0 spiro atoms. The minimum Gasteiger partial charge on any atom is -0.387 e. The Bertz CT molecular complexity index is 1030. The van der Waals surface area contributed by atoms with E-state index in [4.69, 9.17) is 9.05 Å². The molecule has 3 unspecified atom stereocenters. The van der Waals surface area contributed by atoms with Crippen molar-refractivity contribution in [2.75, 3.05) is 40.9 Å². The average Bonchev–Trinajstić information content (AvgIpc) is 3.20. The molecule has 3 N–H and O–H groups in total. The molecule has 0 aromatic rings. The molecule has 1 amide bonds. The van der Waals surface area contributed by atoms with Gasteiger partial charge in [-0.05, 0) is 44.9 Å². The third-order valence-electron chi connectivity index (χ3n) is 11.7. The van der Waals surface area contributed by atoms with Gasteiger partial charge in [0.25, 0.3) is 0 Å². The zero-order valence-electron chi connectivity index (χ0n) is 40.5. The van der Waals surface area contributed by atoms with Crippen LogP contribution in [0.25, 0.3) is 0 Å². The van der Waals surface area contributed by atoms with E-state index in [0.717, 1.165) is 44.9 Å². The van der Waals surface area contributed by atoms with Crippen molar-refractivity contribution in [3.63, 3.8) is 0 Å². The van der Waals surface area contributed by atoms with E-state index < -0.39 is 20.0 Å². The third kappa shape index (κ3) is 45.0. The highest BCUT2D eigenvalue weighted by atomic mass is 31.2. The number of hydrogen-bond donors (Lipinski definition) is 3. The number of likely N-dealkylation sites (N-methyl/N-ethyl adjacent to an activating group) is 1. The van der Waals surface area contributed by atoms with Gasteiger partial charge in [-0.2, -0.15) is 0 Å². The largest absolute Gasteiger partial charge is 0.472 e. The summed E-state index contributed by atoms with van der Waals surface area (Å²) in [6, 6.07) is -0.839. The van der Waals surface area contributed by atoms with Gasteiger partial charge in [0.15, 0.2) is 0 Å². The fraction of sp³-hybridized carbons (Fsp3) is 0.902. The Labute approximate surface area is 373 Å². The lowest BCUT2D eigenvalue weighted by Gasteiger charge is -2.25. The number of nitrogens with zero attached hydrogens (tertiary/aromatic N) is 1. The second-order valence-electron chi connectivity index (χ2n) is 18.9. The van der Waals surface area contributed by atoms with Crippen molar-refractivity contribution in [3.8, 4) is 0 Å². The number of nitrogens with one attached hydrogen (secondary N) is 1. The van der Waals surface area contributed by atoms with Gasteiger partial charge in [-0.3, -0.25) is 13.8 Å². The van der Waals surface area contributed by atoms with E-state index in [2.05, 4.69) is 31.3 Å². The molecule has 0 saturated heterocycles. The molecular formula is C51H102N2O6P+. The highest BCUT2D eigenvalue weighted by Crippen LogP contribution is 2.43. The molecule has 0 bridgehead atoms. The van der Waals surface area contributed by atoms with Gasteiger partial charge in [0, 0.05) is 6.42 Å². The van der Waals surface area contributed by atoms with Crippen LogP contribution in [0, 0.1) is 0 Å². The van der Waals surface area contributed by atoms with Crippen LogP contribution < -0.4 is 5.32 Å². The van der Waals surface area contributed by atoms with Crippen LogP contribution in [0.1, 0.15) is 245 Å². The smallest absolute Gasteiger partial charge is 0.387 e. The van der Waals surface area contributed by atoms with E-state index in [-0.39, 0.29) is 19.1 Å². The van der Waals surface area contributed by atoms with Crippen molar-refractivity contribution in [3.05, 3.63) is 24.3 Å². The lowest BCUT2D eigenvalue weighted by molar-refractivity contribution is -0.870. The number of aliphatic hydroxyl groups is 1. The maximum atomic E-state index is 12.8. The predicted molar refractivity (Wildman–Crippen MR) is 258 cm³/mol. The van der Waals surface area contributed by atoms with Crippen LogP contribution in [0.4, 0.5) is 0 Å². The number of quaternary nitrogens is 1. The maximum absolute atomic E-state index is 12.8. The normalized spacial score (nSPS) is 14.3. The van der Waals surface area contributed by atoms with E-state index >= 15 is 0 Å². The third-order valence-corrected chi connectivity index (χ3v) is 12.6. The van der Waals surface area contributed by atoms with Crippen LogP contribution in [-0.2, 0) is 18.4 Å². The lowest BCUT2D eigenvalue weighted by atomic mass is 10.0. The number of unbranched alkanes of at least 4 members (excludes halogenated alkanes) is 32. The quantitative estimate of drug-likeness (QED) is 0.0243. The minimum absolute atomic E-state index is 0.0625. The molecule has 0 aliphatic rings. The Balaban J connectivity index is 3.76. The molecule has 0 aliphatic heterocycles. The number of phosphoric acid groups is 1. The molecule has 0 saturated carbocycles. The molecule has 8 nitrogen and oxygen atoms in total. The number of hydrogen-bond acceptors (Lipinski definition) is 5. The average molecular weight is 870 g/mol. The first kappa shape index (κ1) is 59.0. The second-order valence-corrected chi connectivity index (χ2v) is 20.4. The van der Waals surface area contributed by atoms with Crippen LogP contribution in [0.5, 0.6) is 0 Å². The van der Waals surface area contributed by atoms with Gasteiger partial charge >= 0.3 is 7.82 Å². The maximum Gasteiger partial charge on any atom is 0.472 e. The number of phosphoric ester groups is 1. The highest BCUT2D eigenvalue weighted by molar-refractivity contribution is 7.47. The summed E-state index contributed by atoms with van der Waals surface area (Å²) in [4.78, 5) is 23.0. The van der Waals surface area contributed by atoms with Crippen LogP contribution in [0.15, 0.2) is 24.3 Å². The number of allylic oxidation sites excluding steroid dienone is 3. The number of carbonyl (C=O) groups excluding carboxylic acids is 1. The van der Waals surface area contributed by atoms with Gasteiger partial charge in [0.1, 0.15) is 13.2 Å². The Morgan fingerprint density at radius 1 is 0.550 bits per heavy atom. The number of carbonyl (C=O) groups is 1. The summed E-state index contributed by atoms with van der Waals surface area (Å²) >= 11 is 0. The van der Waals surface area contributed by atoms with E-state index in [1.54, 1.807) is 6.08 Å². The van der Waals surface area contributed by atoms with E-state index in [1.807, 2.05) is 27.2 Å². The molecular weight excluding hydrogens is 768 g/mol. The number of aliphatic hydroxyl groups excluding tert-OH is 1. The highest BCUT2D eigenvalue weighted by Gasteiger charge is 2.27. The molecule has 0 radical (unpaired) electrons. The monoisotopic (exact) mass is 870 g/mol. The molecule has 0 aliphatic carbocycles. The Hall–Kier alpha value is -1.02. The fourth-order valence-corrected chi connectivity index (χ4v) is 8.30. The molecule has 0 aromatic heterocycles. The zero-order valence-corrected chi connectivity index (χ0v) is 41.4. The number of rotatable bonds is 47. The van der Waals surface area contributed by atoms with E-state index in [0.29, 0.717) is 17.4 Å². The summed E-state index contributed by atoms with van der Waals surface area (Å²) in [6.45, 7) is 4.72. The van der Waals surface area contributed by atoms with Crippen LogP contribution in [-0.4, -0.2) is 73.4 Å². The van der Waals surface area contributed by atoms with Gasteiger partial charge in [-0.1, -0.05) is 218 Å². The summed E-state index contributed by atoms with van der Waals surface area (Å²) in [6.07, 6.45) is 53.4. The second kappa shape index (κ2) is 43.2. The zero-order chi connectivity index (χ0) is 44.3. The van der Waals surface area contributed by atoms with Crippen LogP contribution in [0.2, 0.25) is 0 Å². The summed E-state index contributed by atoms with van der Waals surface area (Å²) in [5.74, 6) is -0.181. The van der Waals surface area contributed by atoms with Gasteiger partial charge in [-0.25, -0.2) is 4.57 Å². The summed E-state index contributed by atoms with van der Waals surface area (Å²) in [5, 5.41) is 13.6. The molecule has 0 fully saturated rings. The molecule has 0 aromatic carbocycles. The topological polar surface area (TPSA) is 105 Å². The van der Waals surface area contributed by atoms with Crippen molar-refractivity contribution in [1.82, 2.24) is 5.32 Å². The predicted octanol–water partition coefficient (Wildman–Crippen LogP) is 14.9. The number of amides is 1. The van der Waals surface area contributed by atoms with Crippen LogP contribution >= 0.6 is 7.82 Å². The summed E-state index contributed by atoms with van der Waals surface area (Å²) < 4.78 is 23.4. The molecule has 356 valence electrons. The van der Waals surface area contributed by atoms with Gasteiger partial charge in [0.2, 0.25) is 5.91 Å². The summed E-state index contributed by atoms with van der Waals surface area (Å²) in [7, 11) is 1.57. The van der Waals surface area contributed by atoms with Crippen molar-refractivity contribution >= 4 is 13.7 Å². The Kier molecular flexibility index (Phi) is 42.5. The van der Waals surface area contributed by atoms with Crippen molar-refractivity contribution in [2.45, 2.75) is 257 Å². The molecule has 3 atom stereocenters. The summed E-state index contributed by atoms with van der Waals surface area (Å²) in [5.41, 5.74) is 0. The van der Waals surface area contributed by atoms with E-state index in [9.17, 15) is 19.4 Å². The molecule has 9 heteroatoms.